The number of thiazole rings is 1. The smallest absolute Gasteiger partial charge is 0.340 e. The predicted octanol–water partition coefficient (Wildman–Crippen LogP) is 5.56. The second-order valence-corrected chi connectivity index (χ2v) is 9.14. The normalized spacial score (nSPS) is 10.6. The number of rotatable bonds is 8. The molecular weight excluding hydrogens is 468 g/mol. The zero-order chi connectivity index (χ0) is 22.5. The van der Waals surface area contributed by atoms with Crippen molar-refractivity contribution in [2.24, 2.45) is 0 Å². The second kappa shape index (κ2) is 9.94. The summed E-state index contributed by atoms with van der Waals surface area (Å²) in [6, 6.07) is 10.5. The number of anilines is 1. The van der Waals surface area contributed by atoms with Crippen molar-refractivity contribution in [3.8, 4) is 21.4 Å². The van der Waals surface area contributed by atoms with Gasteiger partial charge in [-0.05, 0) is 22.9 Å². The van der Waals surface area contributed by atoms with E-state index in [-0.39, 0.29) is 23.8 Å². The minimum absolute atomic E-state index is 0.00731. The Labute approximate surface area is 196 Å². The third-order valence-electron chi connectivity index (χ3n) is 4.37. The predicted molar refractivity (Wildman–Crippen MR) is 126 cm³/mol. The largest absolute Gasteiger partial charge is 0.493 e. The van der Waals surface area contributed by atoms with E-state index in [4.69, 9.17) is 14.2 Å². The van der Waals surface area contributed by atoms with Crippen molar-refractivity contribution in [3.63, 3.8) is 0 Å². The first-order valence-electron chi connectivity index (χ1n) is 9.35. The summed E-state index contributed by atoms with van der Waals surface area (Å²) in [7, 11) is 2.95. The number of amides is 1. The van der Waals surface area contributed by atoms with Crippen LogP contribution in [0.2, 0.25) is 0 Å². The van der Waals surface area contributed by atoms with Crippen molar-refractivity contribution >= 4 is 51.6 Å². The van der Waals surface area contributed by atoms with Crippen LogP contribution >= 0.6 is 34.0 Å². The molecule has 0 spiro atoms. The Bertz CT molecular complexity index is 1220. The fraction of sp³-hybridized carbons (Fsp3) is 0.136. The summed E-state index contributed by atoms with van der Waals surface area (Å²) in [6.07, 6.45) is 0. The Balaban J connectivity index is 1.55. The number of hydrogen-bond acceptors (Lipinski definition) is 9. The summed E-state index contributed by atoms with van der Waals surface area (Å²) >= 11 is 4.39. The third-order valence-corrected chi connectivity index (χ3v) is 7.17. The SMILES string of the molecule is COc1cc(NC(=O)c2cccs2)c(C(=O)OCc2csc(-c3cccs3)n2)cc1OC. The van der Waals surface area contributed by atoms with E-state index in [2.05, 4.69) is 10.3 Å². The molecule has 4 aromatic rings. The van der Waals surface area contributed by atoms with Gasteiger partial charge in [-0.2, -0.15) is 0 Å². The third kappa shape index (κ3) is 4.82. The van der Waals surface area contributed by atoms with Crippen molar-refractivity contribution in [3.05, 3.63) is 68.7 Å². The zero-order valence-electron chi connectivity index (χ0n) is 17.1. The van der Waals surface area contributed by atoms with Gasteiger partial charge in [-0.25, -0.2) is 9.78 Å². The van der Waals surface area contributed by atoms with Gasteiger partial charge in [-0.1, -0.05) is 12.1 Å². The number of benzene rings is 1. The molecule has 10 heteroatoms. The zero-order valence-corrected chi connectivity index (χ0v) is 19.6. The highest BCUT2D eigenvalue weighted by molar-refractivity contribution is 7.20. The molecule has 1 N–H and O–H groups in total. The van der Waals surface area contributed by atoms with Crippen molar-refractivity contribution in [2.45, 2.75) is 6.61 Å². The molecule has 0 aliphatic rings. The molecule has 164 valence electrons. The van der Waals surface area contributed by atoms with E-state index in [1.807, 2.05) is 22.9 Å². The Hall–Kier alpha value is -3.21. The van der Waals surface area contributed by atoms with Gasteiger partial charge in [0.1, 0.15) is 11.6 Å². The van der Waals surface area contributed by atoms with Gasteiger partial charge in [0, 0.05) is 17.5 Å². The van der Waals surface area contributed by atoms with Crippen LogP contribution in [0.5, 0.6) is 11.5 Å². The Morgan fingerprint density at radius 1 is 1.00 bits per heavy atom. The molecule has 0 saturated carbocycles. The summed E-state index contributed by atoms with van der Waals surface area (Å²) in [4.78, 5) is 31.6. The van der Waals surface area contributed by atoms with Crippen LogP contribution in [0.4, 0.5) is 5.69 Å². The van der Waals surface area contributed by atoms with Crippen LogP contribution in [0.15, 0.2) is 52.5 Å². The van der Waals surface area contributed by atoms with E-state index in [9.17, 15) is 9.59 Å². The molecular formula is C22H18N2O5S3. The van der Waals surface area contributed by atoms with Crippen molar-refractivity contribution in [1.29, 1.82) is 0 Å². The maximum atomic E-state index is 12.9. The lowest BCUT2D eigenvalue weighted by molar-refractivity contribution is 0.0469. The molecule has 1 aromatic carbocycles. The molecule has 4 rings (SSSR count). The number of thiophene rings is 2. The van der Waals surface area contributed by atoms with Crippen LogP contribution in [-0.4, -0.2) is 31.1 Å². The molecule has 3 aromatic heterocycles. The van der Waals surface area contributed by atoms with Crippen LogP contribution < -0.4 is 14.8 Å². The number of nitrogens with one attached hydrogen (secondary N) is 1. The topological polar surface area (TPSA) is 86.8 Å². The van der Waals surface area contributed by atoms with Crippen molar-refractivity contribution < 1.29 is 23.8 Å². The number of nitrogens with zero attached hydrogens (tertiary/aromatic N) is 1. The molecule has 1 amide bonds. The maximum absolute atomic E-state index is 12.9. The van der Waals surface area contributed by atoms with E-state index in [1.54, 1.807) is 34.9 Å². The van der Waals surface area contributed by atoms with E-state index >= 15 is 0 Å². The highest BCUT2D eigenvalue weighted by Crippen LogP contribution is 2.34. The summed E-state index contributed by atoms with van der Waals surface area (Å²) in [5.74, 6) is -0.215. The summed E-state index contributed by atoms with van der Waals surface area (Å²) in [6.45, 7) is 0.00731. The molecule has 3 heterocycles. The molecule has 0 aliphatic carbocycles. The van der Waals surface area contributed by atoms with Crippen LogP contribution in [0.3, 0.4) is 0 Å². The molecule has 0 saturated heterocycles. The first-order valence-corrected chi connectivity index (χ1v) is 12.0. The van der Waals surface area contributed by atoms with Gasteiger partial charge in [0.05, 0.1) is 40.9 Å². The number of hydrogen-bond donors (Lipinski definition) is 1. The van der Waals surface area contributed by atoms with Gasteiger partial charge in [-0.3, -0.25) is 4.79 Å². The fourth-order valence-corrected chi connectivity index (χ4v) is 5.08. The first kappa shape index (κ1) is 22.0. The highest BCUT2D eigenvalue weighted by atomic mass is 32.1. The Kier molecular flexibility index (Phi) is 6.84. The minimum atomic E-state index is -0.613. The molecule has 0 unspecified atom stereocenters. The lowest BCUT2D eigenvalue weighted by atomic mass is 10.1. The van der Waals surface area contributed by atoms with Gasteiger partial charge < -0.3 is 19.5 Å². The fourth-order valence-electron chi connectivity index (χ4n) is 2.85. The Morgan fingerprint density at radius 2 is 1.75 bits per heavy atom. The molecule has 0 radical (unpaired) electrons. The highest BCUT2D eigenvalue weighted by Gasteiger charge is 2.21. The van der Waals surface area contributed by atoms with Gasteiger partial charge >= 0.3 is 5.97 Å². The lowest BCUT2D eigenvalue weighted by Crippen LogP contribution is -2.15. The van der Waals surface area contributed by atoms with Crippen LogP contribution in [0.1, 0.15) is 25.7 Å². The average molecular weight is 487 g/mol. The number of ether oxygens (including phenoxy) is 3. The average Bonchev–Trinajstić information content (AvgIpc) is 3.58. The second-order valence-electron chi connectivity index (χ2n) is 6.38. The molecule has 0 bridgehead atoms. The summed E-state index contributed by atoms with van der Waals surface area (Å²) in [5.41, 5.74) is 1.07. The molecule has 7 nitrogen and oxygen atoms in total. The number of aromatic nitrogens is 1. The quantitative estimate of drug-likeness (QED) is 0.328. The molecule has 0 fully saturated rings. The van der Waals surface area contributed by atoms with E-state index in [0.717, 1.165) is 9.88 Å². The van der Waals surface area contributed by atoms with Gasteiger partial charge in [-0.15, -0.1) is 34.0 Å². The first-order chi connectivity index (χ1) is 15.6. The van der Waals surface area contributed by atoms with E-state index in [1.165, 1.54) is 43.0 Å². The Morgan fingerprint density at radius 3 is 2.44 bits per heavy atom. The standard InChI is InChI=1S/C22H18N2O5S3/c1-27-16-9-14(15(10-17(16)28-2)24-20(25)18-5-3-7-30-18)22(26)29-11-13-12-32-21(23-13)19-6-4-8-31-19/h3-10,12H,11H2,1-2H3,(H,24,25). The number of carbonyl (C=O) groups excluding carboxylic acids is 2. The monoisotopic (exact) mass is 486 g/mol. The van der Waals surface area contributed by atoms with E-state index in [0.29, 0.717) is 22.1 Å². The number of esters is 1. The molecule has 32 heavy (non-hydrogen) atoms. The number of methoxy groups -OCH3 is 2. The van der Waals surface area contributed by atoms with Crippen LogP contribution in [-0.2, 0) is 11.3 Å². The van der Waals surface area contributed by atoms with Gasteiger partial charge in [0.15, 0.2) is 11.5 Å². The van der Waals surface area contributed by atoms with Gasteiger partial charge in [0.2, 0.25) is 0 Å². The summed E-state index contributed by atoms with van der Waals surface area (Å²) < 4.78 is 16.1. The van der Waals surface area contributed by atoms with E-state index < -0.39 is 5.97 Å². The van der Waals surface area contributed by atoms with Crippen molar-refractivity contribution in [1.82, 2.24) is 4.98 Å². The number of carbonyl (C=O) groups is 2. The van der Waals surface area contributed by atoms with Crippen LogP contribution in [0.25, 0.3) is 9.88 Å². The summed E-state index contributed by atoms with van der Waals surface area (Å²) in [5, 5.41) is 9.29. The van der Waals surface area contributed by atoms with Gasteiger partial charge in [0.25, 0.3) is 5.91 Å². The molecule has 0 aliphatic heterocycles. The maximum Gasteiger partial charge on any atom is 0.340 e. The molecule has 0 atom stereocenters. The minimum Gasteiger partial charge on any atom is -0.493 e. The van der Waals surface area contributed by atoms with Crippen LogP contribution in [0, 0.1) is 0 Å². The van der Waals surface area contributed by atoms with Crippen molar-refractivity contribution in [2.75, 3.05) is 19.5 Å². The lowest BCUT2D eigenvalue weighted by Gasteiger charge is -2.15.